The summed E-state index contributed by atoms with van der Waals surface area (Å²) in [6, 6.07) is 15.7. The topological polar surface area (TPSA) is 130 Å². The van der Waals surface area contributed by atoms with Crippen LogP contribution < -0.4 is 15.2 Å². The number of fused-ring (bicyclic) bond motifs is 2. The van der Waals surface area contributed by atoms with Gasteiger partial charge in [-0.15, -0.1) is 6.58 Å². The standard InChI is InChI=1S/C30H31N5O7/c1-6-16-33-22-15-11-10-14-21(22)29(23(33)36)17-28(41-25(38)31-29)18-40-30(35(28)26(39)42-27(3,4)5)19(2)32-34(24(30)37)20-12-8-7-9-13-20/h6-15H,1,16-18H2,2-5H3,(H,31,38)/t28-,29-,30+/m0/s1. The molecule has 12 heteroatoms. The maximum absolute atomic E-state index is 14.2. The molecule has 0 saturated carbocycles. The number of amides is 4. The highest BCUT2D eigenvalue weighted by atomic mass is 16.7. The monoisotopic (exact) mass is 573 g/mol. The molecule has 0 radical (unpaired) electrons. The van der Waals surface area contributed by atoms with E-state index in [1.807, 2.05) is 0 Å². The van der Waals surface area contributed by atoms with Gasteiger partial charge in [-0.3, -0.25) is 9.59 Å². The lowest BCUT2D eigenvalue weighted by molar-refractivity contribution is -0.157. The molecule has 0 aromatic heterocycles. The first-order valence-corrected chi connectivity index (χ1v) is 13.5. The number of hydrazone groups is 1. The van der Waals surface area contributed by atoms with Crippen molar-refractivity contribution in [1.29, 1.82) is 0 Å². The van der Waals surface area contributed by atoms with E-state index in [1.54, 1.807) is 88.4 Å². The van der Waals surface area contributed by atoms with Crippen molar-refractivity contribution in [3.8, 4) is 0 Å². The fraction of sp³-hybridized carbons (Fsp3) is 0.367. The van der Waals surface area contributed by atoms with Gasteiger partial charge in [-0.1, -0.05) is 42.5 Å². The molecule has 4 aliphatic rings. The highest BCUT2D eigenvalue weighted by molar-refractivity contribution is 6.22. The highest BCUT2D eigenvalue weighted by Crippen LogP contribution is 2.53. The van der Waals surface area contributed by atoms with Crippen LogP contribution in [-0.2, 0) is 29.3 Å². The summed E-state index contributed by atoms with van der Waals surface area (Å²) in [5.41, 5.74) is -4.94. The van der Waals surface area contributed by atoms with Gasteiger partial charge < -0.3 is 24.4 Å². The summed E-state index contributed by atoms with van der Waals surface area (Å²) in [5.74, 6) is -1.12. The summed E-state index contributed by atoms with van der Waals surface area (Å²) in [4.78, 5) is 58.4. The minimum Gasteiger partial charge on any atom is -0.444 e. The average Bonchev–Trinajstić information content (AvgIpc) is 3.47. The van der Waals surface area contributed by atoms with Gasteiger partial charge in [0.25, 0.3) is 11.6 Å². The number of nitrogens with zero attached hydrogens (tertiary/aromatic N) is 4. The van der Waals surface area contributed by atoms with Gasteiger partial charge in [0.2, 0.25) is 5.72 Å². The van der Waals surface area contributed by atoms with Crippen LogP contribution in [0.25, 0.3) is 0 Å². The first-order valence-electron chi connectivity index (χ1n) is 13.5. The minimum absolute atomic E-state index is 0.133. The molecule has 2 fully saturated rings. The van der Waals surface area contributed by atoms with E-state index >= 15 is 0 Å². The number of anilines is 2. The van der Waals surface area contributed by atoms with E-state index in [2.05, 4.69) is 17.0 Å². The molecule has 3 atom stereocenters. The lowest BCUT2D eigenvalue weighted by Gasteiger charge is -2.47. The molecule has 4 aliphatic heterocycles. The second kappa shape index (κ2) is 9.15. The normalized spacial score (nSPS) is 28.3. The van der Waals surface area contributed by atoms with Crippen molar-refractivity contribution >= 4 is 41.1 Å². The Morgan fingerprint density at radius 3 is 2.48 bits per heavy atom. The van der Waals surface area contributed by atoms with Gasteiger partial charge in [-0.05, 0) is 45.9 Å². The Bertz CT molecular complexity index is 1550. The first kappa shape index (κ1) is 27.5. The number of carbonyl (C=O) groups is 4. The Hall–Kier alpha value is -4.71. The van der Waals surface area contributed by atoms with Crippen molar-refractivity contribution in [2.75, 3.05) is 23.1 Å². The molecule has 12 nitrogen and oxygen atoms in total. The van der Waals surface area contributed by atoms with Gasteiger partial charge in [0.05, 0.1) is 17.1 Å². The molecule has 3 spiro atoms. The van der Waals surface area contributed by atoms with Crippen molar-refractivity contribution in [3.63, 3.8) is 0 Å². The van der Waals surface area contributed by atoms with E-state index < -0.39 is 53.2 Å². The van der Waals surface area contributed by atoms with Crippen molar-refractivity contribution in [2.45, 2.75) is 56.7 Å². The molecule has 2 aromatic rings. The summed E-state index contributed by atoms with van der Waals surface area (Å²) in [7, 11) is 0. The van der Waals surface area contributed by atoms with Gasteiger partial charge in [-0.2, -0.15) is 10.1 Å². The van der Waals surface area contributed by atoms with Crippen molar-refractivity contribution in [2.24, 2.45) is 5.10 Å². The summed E-state index contributed by atoms with van der Waals surface area (Å²) < 4.78 is 17.9. The number of hydrogen-bond donors (Lipinski definition) is 1. The number of benzene rings is 2. The Morgan fingerprint density at radius 1 is 1.10 bits per heavy atom. The molecule has 2 aromatic carbocycles. The summed E-state index contributed by atoms with van der Waals surface area (Å²) >= 11 is 0. The zero-order valence-corrected chi connectivity index (χ0v) is 23.7. The van der Waals surface area contributed by atoms with Gasteiger partial charge >= 0.3 is 18.1 Å². The van der Waals surface area contributed by atoms with E-state index in [4.69, 9.17) is 14.2 Å². The van der Waals surface area contributed by atoms with Crippen LogP contribution in [0.2, 0.25) is 0 Å². The number of rotatable bonds is 3. The number of hydrogen-bond acceptors (Lipinski definition) is 8. The Kier molecular flexibility index (Phi) is 5.98. The molecule has 42 heavy (non-hydrogen) atoms. The lowest BCUT2D eigenvalue weighted by Crippen LogP contribution is -2.72. The van der Waals surface area contributed by atoms with Crippen molar-refractivity contribution in [3.05, 3.63) is 72.8 Å². The van der Waals surface area contributed by atoms with Crippen LogP contribution in [0, 0.1) is 0 Å². The molecule has 4 heterocycles. The van der Waals surface area contributed by atoms with Crippen LogP contribution in [0.5, 0.6) is 0 Å². The van der Waals surface area contributed by atoms with Crippen LogP contribution >= 0.6 is 0 Å². The quantitative estimate of drug-likeness (QED) is 0.555. The Balaban J connectivity index is 1.51. The zero-order chi connectivity index (χ0) is 30.1. The number of ether oxygens (including phenoxy) is 3. The summed E-state index contributed by atoms with van der Waals surface area (Å²) in [6.45, 7) is 10.1. The largest absolute Gasteiger partial charge is 0.444 e. The molecule has 0 bridgehead atoms. The molecule has 218 valence electrons. The maximum Gasteiger partial charge on any atom is 0.416 e. The number of alkyl carbamates (subject to hydrolysis) is 1. The zero-order valence-electron chi connectivity index (χ0n) is 23.7. The van der Waals surface area contributed by atoms with Crippen LogP contribution in [0.15, 0.2) is 72.4 Å². The van der Waals surface area contributed by atoms with Crippen molar-refractivity contribution in [1.82, 2.24) is 10.2 Å². The summed E-state index contributed by atoms with van der Waals surface area (Å²) in [6.07, 6.45) is -0.605. The van der Waals surface area contributed by atoms with Crippen LogP contribution in [0.1, 0.15) is 39.7 Å². The second-order valence-corrected chi connectivity index (χ2v) is 11.7. The summed E-state index contributed by atoms with van der Waals surface area (Å²) in [5, 5.41) is 8.34. The maximum atomic E-state index is 14.2. The van der Waals surface area contributed by atoms with Gasteiger partial charge in [-0.25, -0.2) is 14.5 Å². The smallest absolute Gasteiger partial charge is 0.416 e. The van der Waals surface area contributed by atoms with Crippen LogP contribution in [-0.4, -0.2) is 64.8 Å². The molecule has 2 saturated heterocycles. The van der Waals surface area contributed by atoms with Gasteiger partial charge in [0, 0.05) is 18.5 Å². The molecule has 4 amide bonds. The predicted octanol–water partition coefficient (Wildman–Crippen LogP) is 3.63. The van der Waals surface area contributed by atoms with E-state index in [-0.39, 0.29) is 18.7 Å². The van der Waals surface area contributed by atoms with E-state index in [0.717, 1.165) is 9.91 Å². The SMILES string of the molecule is C=CCN1C(=O)[C@]2(C[C@@]3(CO[C@]4(C(=O)N(c5ccccc5)N=C4C)N3C(=O)OC(C)(C)C)OC(=O)N2)c2ccccc21. The number of nitrogens with one attached hydrogen (secondary N) is 1. The van der Waals surface area contributed by atoms with Gasteiger partial charge in [0.15, 0.2) is 5.54 Å². The molecule has 6 rings (SSSR count). The fourth-order valence-corrected chi connectivity index (χ4v) is 6.16. The second-order valence-electron chi connectivity index (χ2n) is 11.7. The first-order chi connectivity index (χ1) is 19.9. The molecular weight excluding hydrogens is 542 g/mol. The molecular formula is C30H31N5O7. The third-order valence-electron chi connectivity index (χ3n) is 7.74. The van der Waals surface area contributed by atoms with E-state index in [9.17, 15) is 19.2 Å². The van der Waals surface area contributed by atoms with Crippen molar-refractivity contribution < 1.29 is 33.4 Å². The Labute approximate surface area is 242 Å². The molecule has 0 aliphatic carbocycles. The van der Waals surface area contributed by atoms with E-state index in [1.165, 1.54) is 4.90 Å². The van der Waals surface area contributed by atoms with E-state index in [0.29, 0.717) is 16.9 Å². The third-order valence-corrected chi connectivity index (χ3v) is 7.74. The number of carbonyl (C=O) groups excluding carboxylic acids is 4. The fourth-order valence-electron chi connectivity index (χ4n) is 6.16. The lowest BCUT2D eigenvalue weighted by atomic mass is 9.81. The predicted molar refractivity (Wildman–Crippen MR) is 151 cm³/mol. The molecule has 0 unspecified atom stereocenters. The third kappa shape index (κ3) is 3.74. The van der Waals surface area contributed by atoms with Crippen LogP contribution in [0.3, 0.4) is 0 Å². The van der Waals surface area contributed by atoms with Crippen LogP contribution in [0.4, 0.5) is 21.0 Å². The number of para-hydroxylation sites is 2. The molecule has 1 N–H and O–H groups in total. The van der Waals surface area contributed by atoms with Gasteiger partial charge in [0.1, 0.15) is 12.2 Å². The highest BCUT2D eigenvalue weighted by Gasteiger charge is 2.74. The Morgan fingerprint density at radius 2 is 1.79 bits per heavy atom. The average molecular weight is 574 g/mol. The minimum atomic E-state index is -2.10.